The van der Waals surface area contributed by atoms with Crippen LogP contribution in [0.25, 0.3) is 22.6 Å². The summed E-state index contributed by atoms with van der Waals surface area (Å²) in [6.07, 6.45) is 4.80. The van der Waals surface area contributed by atoms with Gasteiger partial charge in [0.15, 0.2) is 0 Å². The predicted octanol–water partition coefficient (Wildman–Crippen LogP) is 5.27. The summed E-state index contributed by atoms with van der Waals surface area (Å²) in [6.45, 7) is 7.52. The van der Waals surface area contributed by atoms with Crippen LogP contribution in [0.4, 0.5) is 5.82 Å². The summed E-state index contributed by atoms with van der Waals surface area (Å²) in [5.41, 5.74) is 2.86. The van der Waals surface area contributed by atoms with Gasteiger partial charge in [0.1, 0.15) is 11.6 Å². The minimum absolute atomic E-state index is 0.521. The zero-order valence-corrected chi connectivity index (χ0v) is 18.1. The van der Waals surface area contributed by atoms with Crippen LogP contribution in [0.2, 0.25) is 10.0 Å². The summed E-state index contributed by atoms with van der Waals surface area (Å²) >= 11 is 12.2. The Bertz CT molecular complexity index is 985. The number of anilines is 1. The molecule has 152 valence electrons. The fraction of sp³-hybridized carbons (Fsp3) is 0.364. The van der Waals surface area contributed by atoms with E-state index < -0.39 is 0 Å². The van der Waals surface area contributed by atoms with E-state index in [4.69, 9.17) is 23.2 Å². The molecule has 1 aliphatic heterocycles. The lowest BCUT2D eigenvalue weighted by atomic mass is 10.2. The van der Waals surface area contributed by atoms with E-state index in [-0.39, 0.29) is 0 Å². The molecule has 1 unspecified atom stereocenters. The molecule has 2 N–H and O–H groups in total. The van der Waals surface area contributed by atoms with Gasteiger partial charge in [-0.15, -0.1) is 0 Å². The van der Waals surface area contributed by atoms with Gasteiger partial charge in [-0.2, -0.15) is 0 Å². The lowest BCUT2D eigenvalue weighted by Crippen LogP contribution is -2.35. The lowest BCUT2D eigenvalue weighted by Gasteiger charge is -2.19. The van der Waals surface area contributed by atoms with Gasteiger partial charge in [-0.05, 0) is 43.1 Å². The molecule has 0 aliphatic carbocycles. The van der Waals surface area contributed by atoms with Crippen molar-refractivity contribution >= 4 is 29.0 Å². The van der Waals surface area contributed by atoms with Crippen molar-refractivity contribution in [2.24, 2.45) is 5.92 Å². The maximum atomic E-state index is 6.15. The second kappa shape index (κ2) is 8.74. The van der Waals surface area contributed by atoms with Crippen LogP contribution in [0, 0.1) is 5.92 Å². The first kappa shape index (κ1) is 20.2. The van der Waals surface area contributed by atoms with Crippen LogP contribution < -0.4 is 10.2 Å². The van der Waals surface area contributed by atoms with Gasteiger partial charge in [0.05, 0.1) is 21.9 Å². The van der Waals surface area contributed by atoms with Crippen molar-refractivity contribution in [1.29, 1.82) is 0 Å². The Balaban J connectivity index is 1.49. The van der Waals surface area contributed by atoms with Crippen LogP contribution in [0.3, 0.4) is 0 Å². The van der Waals surface area contributed by atoms with Crippen LogP contribution >= 0.6 is 23.2 Å². The monoisotopic (exact) mass is 429 g/mol. The molecule has 2 aromatic heterocycles. The second-order valence-corrected chi connectivity index (χ2v) is 8.73. The summed E-state index contributed by atoms with van der Waals surface area (Å²) in [5.74, 6) is 2.46. The Morgan fingerprint density at radius 3 is 2.79 bits per heavy atom. The molecule has 29 heavy (non-hydrogen) atoms. The summed E-state index contributed by atoms with van der Waals surface area (Å²) < 4.78 is 0. The summed E-state index contributed by atoms with van der Waals surface area (Å²) in [7, 11) is 0. The molecule has 4 rings (SSSR count). The first-order chi connectivity index (χ1) is 14.0. The van der Waals surface area contributed by atoms with Crippen LogP contribution in [-0.2, 0) is 0 Å². The number of hydrogen-bond acceptors (Lipinski definition) is 4. The average Bonchev–Trinajstić information content (AvgIpc) is 3.38. The highest BCUT2D eigenvalue weighted by Crippen LogP contribution is 2.29. The number of benzene rings is 1. The van der Waals surface area contributed by atoms with Crippen LogP contribution in [0.15, 0.2) is 42.7 Å². The van der Waals surface area contributed by atoms with Crippen LogP contribution in [0.1, 0.15) is 20.3 Å². The van der Waals surface area contributed by atoms with Gasteiger partial charge in [0.2, 0.25) is 0 Å². The molecule has 0 saturated carbocycles. The molecule has 1 aliphatic rings. The van der Waals surface area contributed by atoms with Crippen molar-refractivity contribution in [2.75, 3.05) is 24.5 Å². The first-order valence-electron chi connectivity index (χ1n) is 9.95. The minimum atomic E-state index is 0.521. The summed E-state index contributed by atoms with van der Waals surface area (Å²) in [4.78, 5) is 14.9. The highest BCUT2D eigenvalue weighted by molar-refractivity contribution is 6.42. The quantitative estimate of drug-likeness (QED) is 0.560. The lowest BCUT2D eigenvalue weighted by molar-refractivity contribution is 0.485. The molecular weight excluding hydrogens is 405 g/mol. The fourth-order valence-corrected chi connectivity index (χ4v) is 3.85. The normalized spacial score (nSPS) is 16.7. The zero-order chi connectivity index (χ0) is 20.4. The van der Waals surface area contributed by atoms with E-state index >= 15 is 0 Å². The number of imidazole rings is 1. The van der Waals surface area contributed by atoms with Crippen molar-refractivity contribution in [3.05, 3.63) is 52.8 Å². The van der Waals surface area contributed by atoms with E-state index in [0.717, 1.165) is 54.5 Å². The number of halogens is 2. The largest absolute Gasteiger partial charge is 0.355 e. The number of pyridine rings is 1. The molecule has 0 bridgehead atoms. The molecule has 1 saturated heterocycles. The van der Waals surface area contributed by atoms with Crippen molar-refractivity contribution < 1.29 is 0 Å². The molecule has 0 spiro atoms. The van der Waals surface area contributed by atoms with Gasteiger partial charge < -0.3 is 15.2 Å². The molecule has 0 amide bonds. The van der Waals surface area contributed by atoms with E-state index in [1.54, 1.807) is 6.07 Å². The van der Waals surface area contributed by atoms with Gasteiger partial charge in [-0.1, -0.05) is 43.1 Å². The Labute approximate surface area is 181 Å². The van der Waals surface area contributed by atoms with E-state index in [2.05, 4.69) is 45.1 Å². The molecule has 1 atom stereocenters. The number of aromatic nitrogens is 3. The summed E-state index contributed by atoms with van der Waals surface area (Å²) in [5, 5.41) is 4.72. The van der Waals surface area contributed by atoms with Gasteiger partial charge in [0, 0.05) is 36.5 Å². The topological polar surface area (TPSA) is 56.8 Å². The number of nitrogens with zero attached hydrogens (tertiary/aromatic N) is 3. The molecule has 5 nitrogen and oxygen atoms in total. The molecule has 3 aromatic rings. The third kappa shape index (κ3) is 4.74. The maximum Gasteiger partial charge on any atom is 0.137 e. The molecule has 7 heteroatoms. The van der Waals surface area contributed by atoms with Gasteiger partial charge in [-0.25, -0.2) is 9.97 Å². The Hall–Kier alpha value is -2.08. The SMILES string of the molecule is CC(C)CNC1CCN(c2cc(-c3ncc(-c4ccc(Cl)c(Cl)c4)[nH]3)ccn2)C1. The number of H-pyrrole nitrogens is 1. The van der Waals surface area contributed by atoms with E-state index in [0.29, 0.717) is 22.0 Å². The van der Waals surface area contributed by atoms with Crippen LogP contribution in [0.5, 0.6) is 0 Å². The third-order valence-electron chi connectivity index (χ3n) is 5.15. The molecule has 1 aromatic carbocycles. The van der Waals surface area contributed by atoms with E-state index in [1.807, 2.05) is 30.6 Å². The van der Waals surface area contributed by atoms with Gasteiger partial charge in [-0.3, -0.25) is 0 Å². The average molecular weight is 430 g/mol. The van der Waals surface area contributed by atoms with Crippen molar-refractivity contribution in [3.63, 3.8) is 0 Å². The molecule has 0 radical (unpaired) electrons. The maximum absolute atomic E-state index is 6.15. The van der Waals surface area contributed by atoms with Crippen molar-refractivity contribution in [3.8, 4) is 22.6 Å². The number of rotatable bonds is 6. The van der Waals surface area contributed by atoms with Crippen LogP contribution in [-0.4, -0.2) is 40.6 Å². The minimum Gasteiger partial charge on any atom is -0.355 e. The third-order valence-corrected chi connectivity index (χ3v) is 5.89. The fourth-order valence-electron chi connectivity index (χ4n) is 3.55. The number of nitrogens with one attached hydrogen (secondary N) is 2. The smallest absolute Gasteiger partial charge is 0.137 e. The van der Waals surface area contributed by atoms with E-state index in [9.17, 15) is 0 Å². The van der Waals surface area contributed by atoms with Gasteiger partial charge >= 0.3 is 0 Å². The highest BCUT2D eigenvalue weighted by atomic mass is 35.5. The summed E-state index contributed by atoms with van der Waals surface area (Å²) in [6, 6.07) is 10.2. The van der Waals surface area contributed by atoms with Gasteiger partial charge in [0.25, 0.3) is 0 Å². The Morgan fingerprint density at radius 1 is 1.14 bits per heavy atom. The van der Waals surface area contributed by atoms with Crippen molar-refractivity contribution in [1.82, 2.24) is 20.3 Å². The standard InChI is InChI=1S/C22H25Cl2N5/c1-14(2)11-26-17-6-8-29(13-17)21-10-16(5-7-25-21)22-27-12-20(28-22)15-3-4-18(23)19(24)9-15/h3-5,7,9-10,12,14,17,26H,6,8,11,13H2,1-2H3,(H,27,28). The Morgan fingerprint density at radius 2 is 2.00 bits per heavy atom. The number of aromatic amines is 1. The highest BCUT2D eigenvalue weighted by Gasteiger charge is 2.23. The predicted molar refractivity (Wildman–Crippen MR) is 121 cm³/mol. The molecule has 3 heterocycles. The van der Waals surface area contributed by atoms with E-state index in [1.165, 1.54) is 0 Å². The first-order valence-corrected chi connectivity index (χ1v) is 10.7. The zero-order valence-electron chi connectivity index (χ0n) is 16.6. The molecule has 1 fully saturated rings. The second-order valence-electron chi connectivity index (χ2n) is 7.91. The number of hydrogen-bond donors (Lipinski definition) is 2. The molecular formula is C22H25Cl2N5. The Kier molecular flexibility index (Phi) is 6.09. The van der Waals surface area contributed by atoms with Crippen molar-refractivity contribution in [2.45, 2.75) is 26.3 Å².